The SMILES string of the molecule is CN1CCN(c2ccc(Nc3cc(-c4cccc(N5CCc6cc(C(C)(C)C#N)cc(F)c6C5=O)c4CO)cn(C)c3=O)nc2)CC1. The monoisotopic (exact) mass is 635 g/mol. The maximum Gasteiger partial charge on any atom is 0.274 e. The predicted molar refractivity (Wildman–Crippen MR) is 181 cm³/mol. The van der Waals surface area contributed by atoms with Crippen molar-refractivity contribution in [3.63, 3.8) is 0 Å². The number of fused-ring (bicyclic) bond motifs is 1. The van der Waals surface area contributed by atoms with Gasteiger partial charge in [-0.25, -0.2) is 9.37 Å². The van der Waals surface area contributed by atoms with Gasteiger partial charge in [-0.15, -0.1) is 0 Å². The van der Waals surface area contributed by atoms with Crippen molar-refractivity contribution < 1.29 is 14.3 Å². The summed E-state index contributed by atoms with van der Waals surface area (Å²) in [6.45, 7) is 7.13. The molecule has 2 aliphatic heterocycles. The second kappa shape index (κ2) is 12.6. The summed E-state index contributed by atoms with van der Waals surface area (Å²) in [7, 11) is 3.76. The van der Waals surface area contributed by atoms with Crippen molar-refractivity contribution >= 4 is 28.8 Å². The number of piperazine rings is 1. The third kappa shape index (κ3) is 6.10. The number of halogens is 1. The lowest BCUT2D eigenvalue weighted by Gasteiger charge is -2.33. The fourth-order valence-electron chi connectivity index (χ4n) is 6.29. The third-order valence-electron chi connectivity index (χ3n) is 9.21. The predicted octanol–water partition coefficient (Wildman–Crippen LogP) is 4.58. The molecule has 2 N–H and O–H groups in total. The van der Waals surface area contributed by atoms with Crippen molar-refractivity contribution in [2.75, 3.05) is 54.9 Å². The third-order valence-corrected chi connectivity index (χ3v) is 9.21. The van der Waals surface area contributed by atoms with Crippen LogP contribution in [0.2, 0.25) is 0 Å². The number of likely N-dealkylation sites (N-methyl/N-ethyl adjacent to an activating group) is 1. The number of hydrogen-bond donors (Lipinski definition) is 2. The summed E-state index contributed by atoms with van der Waals surface area (Å²) < 4.78 is 16.9. The molecule has 11 heteroatoms. The highest BCUT2D eigenvalue weighted by Crippen LogP contribution is 2.36. The zero-order valence-electron chi connectivity index (χ0n) is 27.0. The highest BCUT2D eigenvalue weighted by molar-refractivity contribution is 6.09. The molecule has 1 amide bonds. The molecule has 10 nitrogen and oxygen atoms in total. The molecule has 0 radical (unpaired) electrons. The largest absolute Gasteiger partial charge is 0.392 e. The minimum atomic E-state index is -0.901. The van der Waals surface area contributed by atoms with Crippen LogP contribution in [0, 0.1) is 17.1 Å². The van der Waals surface area contributed by atoms with Crippen LogP contribution < -0.4 is 20.7 Å². The standard InChI is InChI=1S/C36H38FN7O3/c1-36(2,22-38)25-16-23-10-11-44(35(47)33(23)29(37)18-25)31-7-5-6-27(28(31)21-45)24-17-30(34(46)42(4)20-24)40-32-9-8-26(19-39-32)43-14-12-41(3)13-15-43/h5-9,16-20,45H,10-15,21H2,1-4H3,(H,39,40). The van der Waals surface area contributed by atoms with Gasteiger partial charge in [0.05, 0.1) is 41.2 Å². The van der Waals surface area contributed by atoms with Crippen LogP contribution in [0.25, 0.3) is 11.1 Å². The van der Waals surface area contributed by atoms with Crippen molar-refractivity contribution in [2.45, 2.75) is 32.3 Å². The van der Waals surface area contributed by atoms with Crippen LogP contribution in [0.1, 0.15) is 40.9 Å². The fourth-order valence-corrected chi connectivity index (χ4v) is 6.29. The molecule has 0 bridgehead atoms. The minimum Gasteiger partial charge on any atom is -0.392 e. The zero-order valence-corrected chi connectivity index (χ0v) is 27.0. The topological polar surface area (TPSA) is 118 Å². The van der Waals surface area contributed by atoms with Gasteiger partial charge >= 0.3 is 0 Å². The molecular formula is C36H38FN7O3. The van der Waals surface area contributed by atoms with Crippen LogP contribution in [0.15, 0.2) is 65.7 Å². The van der Waals surface area contributed by atoms with Gasteiger partial charge in [-0.3, -0.25) is 9.59 Å². The highest BCUT2D eigenvalue weighted by Gasteiger charge is 2.33. The van der Waals surface area contributed by atoms with E-state index in [0.29, 0.717) is 51.4 Å². The molecular weight excluding hydrogens is 597 g/mol. The van der Waals surface area contributed by atoms with Crippen LogP contribution in [0.3, 0.4) is 0 Å². The molecule has 2 aliphatic rings. The van der Waals surface area contributed by atoms with Gasteiger partial charge in [0, 0.05) is 57.1 Å². The number of nitrogens with zero attached hydrogens (tertiary/aromatic N) is 6. The molecule has 1 saturated heterocycles. The molecule has 0 unspecified atom stereocenters. The maximum absolute atomic E-state index is 15.4. The van der Waals surface area contributed by atoms with Crippen molar-refractivity contribution in [1.82, 2.24) is 14.5 Å². The van der Waals surface area contributed by atoms with E-state index in [1.54, 1.807) is 57.6 Å². The molecule has 0 spiro atoms. The summed E-state index contributed by atoms with van der Waals surface area (Å²) in [4.78, 5) is 37.5. The number of carbonyl (C=O) groups is 1. The summed E-state index contributed by atoms with van der Waals surface area (Å²) in [6, 6.07) is 16.1. The molecule has 4 heterocycles. The van der Waals surface area contributed by atoms with Crippen LogP contribution in [-0.2, 0) is 25.5 Å². The van der Waals surface area contributed by atoms with Gasteiger partial charge in [-0.2, -0.15) is 5.26 Å². The molecule has 2 aromatic heterocycles. The van der Waals surface area contributed by atoms with Gasteiger partial charge in [0.15, 0.2) is 0 Å². The smallest absolute Gasteiger partial charge is 0.274 e. The van der Waals surface area contributed by atoms with Gasteiger partial charge in [0.2, 0.25) is 0 Å². The van der Waals surface area contributed by atoms with Gasteiger partial charge in [-0.05, 0) is 74.3 Å². The Labute approximate surface area is 273 Å². The number of hydrogen-bond acceptors (Lipinski definition) is 8. The number of carbonyl (C=O) groups excluding carboxylic acids is 1. The number of pyridine rings is 2. The summed E-state index contributed by atoms with van der Waals surface area (Å²) in [6.07, 6.45) is 3.87. The zero-order chi connectivity index (χ0) is 33.5. The first-order chi connectivity index (χ1) is 22.5. The Morgan fingerprint density at radius 2 is 1.81 bits per heavy atom. The highest BCUT2D eigenvalue weighted by atomic mass is 19.1. The van der Waals surface area contributed by atoms with E-state index in [1.807, 2.05) is 18.2 Å². The van der Waals surface area contributed by atoms with E-state index >= 15 is 4.39 Å². The fraction of sp³-hybridized carbons (Fsp3) is 0.333. The van der Waals surface area contributed by atoms with Crippen LogP contribution in [-0.4, -0.2) is 65.2 Å². The summed E-state index contributed by atoms with van der Waals surface area (Å²) in [5, 5.41) is 23.3. The second-order valence-electron chi connectivity index (χ2n) is 12.8. The van der Waals surface area contributed by atoms with Crippen LogP contribution in [0.4, 0.5) is 27.3 Å². The van der Waals surface area contributed by atoms with Gasteiger partial charge in [-0.1, -0.05) is 18.2 Å². The second-order valence-corrected chi connectivity index (χ2v) is 12.8. The van der Waals surface area contributed by atoms with Gasteiger partial charge in [0.25, 0.3) is 11.5 Å². The number of nitrogens with one attached hydrogen (secondary N) is 1. The molecule has 2 aromatic carbocycles. The summed E-state index contributed by atoms with van der Waals surface area (Å²) in [5.74, 6) is -0.656. The van der Waals surface area contributed by atoms with Crippen LogP contribution >= 0.6 is 0 Å². The average Bonchev–Trinajstić information content (AvgIpc) is 3.07. The number of nitriles is 1. The van der Waals surface area contributed by atoms with Gasteiger partial charge < -0.3 is 29.7 Å². The van der Waals surface area contributed by atoms with E-state index < -0.39 is 17.1 Å². The normalized spacial score (nSPS) is 15.4. The molecule has 0 aliphatic carbocycles. The Bertz CT molecular complexity index is 1940. The maximum atomic E-state index is 15.4. The lowest BCUT2D eigenvalue weighted by molar-refractivity contribution is 0.0976. The van der Waals surface area contributed by atoms with Crippen molar-refractivity contribution in [2.24, 2.45) is 7.05 Å². The van der Waals surface area contributed by atoms with E-state index in [1.165, 1.54) is 15.5 Å². The van der Waals surface area contributed by atoms with E-state index in [2.05, 4.69) is 33.2 Å². The summed E-state index contributed by atoms with van der Waals surface area (Å²) in [5.41, 5.74) is 3.46. The van der Waals surface area contributed by atoms with E-state index in [9.17, 15) is 20.0 Å². The molecule has 47 heavy (non-hydrogen) atoms. The lowest BCUT2D eigenvalue weighted by atomic mass is 9.83. The Morgan fingerprint density at radius 3 is 2.49 bits per heavy atom. The number of amides is 1. The van der Waals surface area contributed by atoms with Crippen molar-refractivity contribution in [3.05, 3.63) is 99.3 Å². The van der Waals surface area contributed by atoms with E-state index in [0.717, 1.165) is 31.9 Å². The van der Waals surface area contributed by atoms with Gasteiger partial charge in [0.1, 0.15) is 17.3 Å². The molecule has 4 aromatic rings. The number of benzene rings is 2. The number of aromatic nitrogens is 2. The number of anilines is 4. The molecule has 242 valence electrons. The Balaban J connectivity index is 1.30. The first-order valence-corrected chi connectivity index (χ1v) is 15.7. The first-order valence-electron chi connectivity index (χ1n) is 15.7. The quantitative estimate of drug-likeness (QED) is 0.303. The van der Waals surface area contributed by atoms with Crippen molar-refractivity contribution in [3.8, 4) is 17.2 Å². The number of rotatable bonds is 7. The van der Waals surface area contributed by atoms with E-state index in [-0.39, 0.29) is 24.3 Å². The Kier molecular flexibility index (Phi) is 8.57. The first kappa shape index (κ1) is 31.9. The number of aryl methyl sites for hydroxylation is 1. The Morgan fingerprint density at radius 1 is 1.04 bits per heavy atom. The van der Waals surface area contributed by atoms with E-state index in [4.69, 9.17) is 0 Å². The summed E-state index contributed by atoms with van der Waals surface area (Å²) >= 11 is 0. The number of aliphatic hydroxyl groups excluding tert-OH is 1. The molecule has 6 rings (SSSR count). The molecule has 0 atom stereocenters. The van der Waals surface area contributed by atoms with Crippen LogP contribution in [0.5, 0.6) is 0 Å². The minimum absolute atomic E-state index is 0.0252. The molecule has 1 fully saturated rings. The number of aliphatic hydroxyl groups is 1. The Hall–Kier alpha value is -5.05. The van der Waals surface area contributed by atoms with Crippen molar-refractivity contribution in [1.29, 1.82) is 5.26 Å². The molecule has 0 saturated carbocycles. The lowest BCUT2D eigenvalue weighted by Crippen LogP contribution is -2.44. The average molecular weight is 636 g/mol.